The van der Waals surface area contributed by atoms with E-state index < -0.39 is 5.97 Å². The second kappa shape index (κ2) is 5.66. The van der Waals surface area contributed by atoms with E-state index in [1.54, 1.807) is 13.0 Å². The first-order valence-electron chi connectivity index (χ1n) is 6.78. The summed E-state index contributed by atoms with van der Waals surface area (Å²) in [5.41, 5.74) is 6.22. The van der Waals surface area contributed by atoms with Crippen LogP contribution in [0, 0.1) is 0 Å². The van der Waals surface area contributed by atoms with Crippen LogP contribution in [-0.2, 0) is 9.47 Å². The van der Waals surface area contributed by atoms with Gasteiger partial charge in [0.2, 0.25) is 0 Å². The van der Waals surface area contributed by atoms with Gasteiger partial charge in [0, 0.05) is 6.61 Å². The van der Waals surface area contributed by atoms with Crippen molar-refractivity contribution in [3.05, 3.63) is 17.8 Å². The molecule has 1 fully saturated rings. The molecule has 1 aromatic rings. The van der Waals surface area contributed by atoms with Gasteiger partial charge >= 0.3 is 5.97 Å². The molecule has 1 aliphatic rings. The monoisotopic (exact) mass is 279 g/mol. The molecule has 1 aliphatic heterocycles. The lowest BCUT2D eigenvalue weighted by atomic mass is 9.94. The maximum absolute atomic E-state index is 11.8. The van der Waals surface area contributed by atoms with Crippen LogP contribution in [0.1, 0.15) is 37.6 Å². The summed E-state index contributed by atoms with van der Waals surface area (Å²) < 4.78 is 10.6. The van der Waals surface area contributed by atoms with Gasteiger partial charge in [-0.25, -0.2) is 9.78 Å². The molecule has 0 spiro atoms. The molecular weight excluding hydrogens is 258 g/mol. The molecule has 0 aromatic carbocycles. The zero-order valence-electron chi connectivity index (χ0n) is 12.1. The van der Waals surface area contributed by atoms with E-state index in [0.717, 1.165) is 6.42 Å². The van der Waals surface area contributed by atoms with Crippen LogP contribution in [0.3, 0.4) is 0 Å². The molecule has 6 nitrogen and oxygen atoms in total. The van der Waals surface area contributed by atoms with Gasteiger partial charge in [0.15, 0.2) is 0 Å². The van der Waals surface area contributed by atoms with Crippen molar-refractivity contribution in [3.63, 3.8) is 0 Å². The van der Waals surface area contributed by atoms with Crippen molar-refractivity contribution < 1.29 is 14.3 Å². The van der Waals surface area contributed by atoms with Crippen molar-refractivity contribution in [2.24, 2.45) is 0 Å². The highest BCUT2D eigenvalue weighted by atomic mass is 16.5. The fraction of sp³-hybridized carbons (Fsp3) is 0.571. The topological polar surface area (TPSA) is 86.5 Å². The van der Waals surface area contributed by atoms with Crippen LogP contribution in [0.25, 0.3) is 0 Å². The number of hydrogen-bond acceptors (Lipinski definition) is 6. The van der Waals surface area contributed by atoms with Crippen LogP contribution in [-0.4, -0.2) is 35.8 Å². The highest BCUT2D eigenvalue weighted by Gasteiger charge is 2.37. The number of carbonyl (C=O) groups excluding carboxylic acids is 1. The number of pyridine rings is 1. The molecule has 20 heavy (non-hydrogen) atoms. The lowest BCUT2D eigenvalue weighted by Crippen LogP contribution is -2.41. The molecule has 0 aliphatic carbocycles. The lowest BCUT2D eigenvalue weighted by molar-refractivity contribution is 0.0527. The van der Waals surface area contributed by atoms with E-state index in [1.165, 1.54) is 6.20 Å². The number of ether oxygens (including phenoxy) is 2. The number of esters is 1. The third kappa shape index (κ3) is 2.85. The Kier molecular flexibility index (Phi) is 4.13. The molecule has 0 saturated carbocycles. The predicted molar refractivity (Wildman–Crippen MR) is 76.7 cm³/mol. The summed E-state index contributed by atoms with van der Waals surface area (Å²) in [6, 6.07) is 1.63. The molecule has 2 rings (SSSR count). The van der Waals surface area contributed by atoms with Crippen LogP contribution >= 0.6 is 0 Å². The largest absolute Gasteiger partial charge is 0.462 e. The van der Waals surface area contributed by atoms with Crippen molar-refractivity contribution >= 4 is 17.5 Å². The molecule has 1 aromatic heterocycles. The smallest absolute Gasteiger partial charge is 0.340 e. The van der Waals surface area contributed by atoms with Gasteiger partial charge in [-0.05, 0) is 33.3 Å². The van der Waals surface area contributed by atoms with Crippen molar-refractivity contribution in [1.82, 2.24) is 4.98 Å². The van der Waals surface area contributed by atoms with Crippen LogP contribution in [0.2, 0.25) is 0 Å². The second-order valence-corrected chi connectivity index (χ2v) is 5.18. The Bertz CT molecular complexity index is 506. The van der Waals surface area contributed by atoms with Gasteiger partial charge in [-0.3, -0.25) is 0 Å². The first-order valence-corrected chi connectivity index (χ1v) is 6.78. The average molecular weight is 279 g/mol. The summed E-state index contributed by atoms with van der Waals surface area (Å²) in [4.78, 5) is 16.0. The number of nitrogen functional groups attached to an aromatic ring is 1. The number of anilines is 2. The molecule has 2 heterocycles. The lowest BCUT2D eigenvalue weighted by Gasteiger charge is -2.29. The molecule has 3 N–H and O–H groups in total. The number of hydrogen-bond donors (Lipinski definition) is 2. The molecular formula is C14H21N3O3. The molecule has 0 amide bonds. The summed E-state index contributed by atoms with van der Waals surface area (Å²) >= 11 is 0. The van der Waals surface area contributed by atoms with Crippen molar-refractivity contribution in [3.8, 4) is 0 Å². The van der Waals surface area contributed by atoms with Crippen LogP contribution in [0.4, 0.5) is 11.5 Å². The van der Waals surface area contributed by atoms with E-state index >= 15 is 0 Å². The highest BCUT2D eigenvalue weighted by Crippen LogP contribution is 2.29. The van der Waals surface area contributed by atoms with Gasteiger partial charge < -0.3 is 20.5 Å². The zero-order chi connectivity index (χ0) is 14.8. The Hall–Kier alpha value is -1.82. The first-order chi connectivity index (χ1) is 9.46. The van der Waals surface area contributed by atoms with Crippen molar-refractivity contribution in [1.29, 1.82) is 0 Å². The number of rotatable bonds is 4. The summed E-state index contributed by atoms with van der Waals surface area (Å²) in [7, 11) is 0. The number of carbonyl (C=O) groups is 1. The van der Waals surface area contributed by atoms with Gasteiger partial charge in [-0.2, -0.15) is 0 Å². The van der Waals surface area contributed by atoms with Gasteiger partial charge in [0.1, 0.15) is 5.82 Å². The molecule has 2 unspecified atom stereocenters. The Morgan fingerprint density at radius 3 is 3.05 bits per heavy atom. The Morgan fingerprint density at radius 1 is 1.70 bits per heavy atom. The van der Waals surface area contributed by atoms with Gasteiger partial charge in [0.05, 0.1) is 35.7 Å². The quantitative estimate of drug-likeness (QED) is 0.818. The molecule has 0 bridgehead atoms. The third-order valence-electron chi connectivity index (χ3n) is 3.73. The normalized spacial score (nSPS) is 25.4. The zero-order valence-corrected chi connectivity index (χ0v) is 12.1. The minimum atomic E-state index is -0.434. The molecule has 1 saturated heterocycles. The number of aromatic nitrogens is 1. The van der Waals surface area contributed by atoms with Crippen molar-refractivity contribution in [2.75, 3.05) is 24.3 Å². The standard InChI is InChI=1S/C14H21N3O3/c1-4-19-13(18)10-7-12(16-8-11(10)15)17-14(3)5-6-20-9(14)2/h7-9H,4-6,15H2,1-3H3,(H,16,17). The average Bonchev–Trinajstić information content (AvgIpc) is 2.72. The summed E-state index contributed by atoms with van der Waals surface area (Å²) in [6.07, 6.45) is 2.43. The van der Waals surface area contributed by atoms with Gasteiger partial charge in [0.25, 0.3) is 0 Å². The Morgan fingerprint density at radius 2 is 2.45 bits per heavy atom. The number of nitrogens with zero attached hydrogens (tertiary/aromatic N) is 1. The minimum absolute atomic E-state index is 0.0768. The van der Waals surface area contributed by atoms with Crippen LogP contribution in [0.5, 0.6) is 0 Å². The first kappa shape index (κ1) is 14.6. The van der Waals surface area contributed by atoms with Crippen LogP contribution in [0.15, 0.2) is 12.3 Å². The summed E-state index contributed by atoms with van der Waals surface area (Å²) in [5, 5.41) is 3.33. The number of nitrogens with one attached hydrogen (secondary N) is 1. The van der Waals surface area contributed by atoms with E-state index in [1.807, 2.05) is 6.92 Å². The van der Waals surface area contributed by atoms with Crippen LogP contribution < -0.4 is 11.1 Å². The van der Waals surface area contributed by atoms with E-state index in [9.17, 15) is 4.79 Å². The van der Waals surface area contributed by atoms with E-state index in [-0.39, 0.29) is 11.6 Å². The van der Waals surface area contributed by atoms with Gasteiger partial charge in [-0.1, -0.05) is 0 Å². The highest BCUT2D eigenvalue weighted by molar-refractivity contribution is 5.95. The number of nitrogens with two attached hydrogens (primary N) is 1. The SMILES string of the molecule is CCOC(=O)c1cc(NC2(C)CCOC2C)ncc1N. The summed E-state index contributed by atoms with van der Waals surface area (Å²) in [5.74, 6) is 0.165. The molecule has 110 valence electrons. The van der Waals surface area contributed by atoms with E-state index in [0.29, 0.717) is 30.3 Å². The Balaban J connectivity index is 2.21. The van der Waals surface area contributed by atoms with Crippen molar-refractivity contribution in [2.45, 2.75) is 38.8 Å². The predicted octanol–water partition coefficient (Wildman–Crippen LogP) is 1.82. The van der Waals surface area contributed by atoms with E-state index in [2.05, 4.69) is 17.2 Å². The van der Waals surface area contributed by atoms with E-state index in [4.69, 9.17) is 15.2 Å². The summed E-state index contributed by atoms with van der Waals surface area (Å²) in [6.45, 7) is 6.87. The van der Waals surface area contributed by atoms with Gasteiger partial charge in [-0.15, -0.1) is 0 Å². The molecule has 0 radical (unpaired) electrons. The fourth-order valence-electron chi connectivity index (χ4n) is 2.21. The Labute approximate surface area is 118 Å². The maximum atomic E-state index is 11.8. The molecule has 6 heteroatoms. The minimum Gasteiger partial charge on any atom is -0.462 e. The fourth-order valence-corrected chi connectivity index (χ4v) is 2.21. The maximum Gasteiger partial charge on any atom is 0.340 e. The second-order valence-electron chi connectivity index (χ2n) is 5.18. The molecule has 2 atom stereocenters. The third-order valence-corrected chi connectivity index (χ3v) is 3.73.